The summed E-state index contributed by atoms with van der Waals surface area (Å²) in [5, 5.41) is 0. The molecule has 3 aromatic carbocycles. The second-order valence-corrected chi connectivity index (χ2v) is 7.94. The Morgan fingerprint density at radius 1 is 0.806 bits per heavy atom. The Bertz CT molecular complexity index is 950. The molecule has 4 heteroatoms. The molecule has 1 saturated heterocycles. The molecule has 4 nitrogen and oxygen atoms in total. The van der Waals surface area contributed by atoms with E-state index in [9.17, 15) is 4.79 Å². The topological polar surface area (TPSA) is 32.8 Å². The molecule has 1 aliphatic rings. The average molecular weight is 415 g/mol. The normalized spacial score (nSPS) is 16.0. The molecule has 1 atom stereocenters. The van der Waals surface area contributed by atoms with E-state index in [1.165, 1.54) is 11.1 Å². The minimum Gasteiger partial charge on any atom is -0.465 e. The van der Waals surface area contributed by atoms with E-state index in [4.69, 9.17) is 4.74 Å². The summed E-state index contributed by atoms with van der Waals surface area (Å²) in [7, 11) is 0. The van der Waals surface area contributed by atoms with Crippen LogP contribution in [0.1, 0.15) is 24.1 Å². The number of hydrogen-bond acceptors (Lipinski definition) is 4. The minimum absolute atomic E-state index is 0.161. The lowest BCUT2D eigenvalue weighted by Gasteiger charge is -2.38. The number of carbonyl (C=O) groups is 1. The maximum atomic E-state index is 12.9. The molecule has 160 valence electrons. The maximum absolute atomic E-state index is 12.9. The fraction of sp³-hybridized carbons (Fsp3) is 0.296. The van der Waals surface area contributed by atoms with Gasteiger partial charge in [0.2, 0.25) is 0 Å². The molecule has 1 aliphatic heterocycles. The number of ether oxygens (including phenoxy) is 1. The summed E-state index contributed by atoms with van der Waals surface area (Å²) >= 11 is 0. The van der Waals surface area contributed by atoms with Gasteiger partial charge in [0, 0.05) is 32.7 Å². The van der Waals surface area contributed by atoms with E-state index in [1.807, 2.05) is 25.1 Å². The monoisotopic (exact) mass is 414 g/mol. The first-order valence-corrected chi connectivity index (χ1v) is 11.1. The van der Waals surface area contributed by atoms with Crippen molar-refractivity contribution in [1.82, 2.24) is 9.80 Å². The Kier molecular flexibility index (Phi) is 7.13. The highest BCUT2D eigenvalue weighted by molar-refractivity contribution is 5.78. The summed E-state index contributed by atoms with van der Waals surface area (Å²) in [6.07, 6.45) is 0. The highest BCUT2D eigenvalue weighted by atomic mass is 16.5. The van der Waals surface area contributed by atoms with E-state index in [1.54, 1.807) is 0 Å². The lowest BCUT2D eigenvalue weighted by atomic mass is 9.99. The minimum atomic E-state index is -0.358. The van der Waals surface area contributed by atoms with Crippen molar-refractivity contribution >= 4 is 5.97 Å². The highest BCUT2D eigenvalue weighted by Gasteiger charge is 2.31. The lowest BCUT2D eigenvalue weighted by Crippen LogP contribution is -2.49. The fourth-order valence-corrected chi connectivity index (χ4v) is 4.23. The Hall–Kier alpha value is -2.95. The first-order chi connectivity index (χ1) is 15.2. The predicted octanol–water partition coefficient (Wildman–Crippen LogP) is 4.78. The van der Waals surface area contributed by atoms with Gasteiger partial charge < -0.3 is 4.74 Å². The average Bonchev–Trinajstić information content (AvgIpc) is 2.82. The summed E-state index contributed by atoms with van der Waals surface area (Å²) in [6, 6.07) is 28.8. The molecule has 0 N–H and O–H groups in total. The number of esters is 1. The quantitative estimate of drug-likeness (QED) is 0.521. The van der Waals surface area contributed by atoms with Crippen molar-refractivity contribution in [2.45, 2.75) is 19.5 Å². The largest absolute Gasteiger partial charge is 0.465 e. The molecular weight excluding hydrogens is 384 g/mol. The van der Waals surface area contributed by atoms with Crippen molar-refractivity contribution in [3.05, 3.63) is 96.1 Å². The summed E-state index contributed by atoms with van der Waals surface area (Å²) in [6.45, 7) is 6.77. The molecule has 0 bridgehead atoms. The molecule has 4 rings (SSSR count). The Morgan fingerprint density at radius 3 is 2.00 bits per heavy atom. The smallest absolute Gasteiger partial charge is 0.328 e. The van der Waals surface area contributed by atoms with E-state index in [0.29, 0.717) is 6.61 Å². The Labute approximate surface area is 185 Å². The molecule has 3 aromatic rings. The predicted molar refractivity (Wildman–Crippen MR) is 125 cm³/mol. The molecule has 1 heterocycles. The van der Waals surface area contributed by atoms with Gasteiger partial charge in [-0.3, -0.25) is 9.80 Å². The third-order valence-corrected chi connectivity index (χ3v) is 5.86. The van der Waals surface area contributed by atoms with Gasteiger partial charge in [0.1, 0.15) is 6.04 Å². The van der Waals surface area contributed by atoms with E-state index in [2.05, 4.69) is 76.5 Å². The van der Waals surface area contributed by atoms with E-state index in [-0.39, 0.29) is 12.0 Å². The van der Waals surface area contributed by atoms with E-state index >= 15 is 0 Å². The van der Waals surface area contributed by atoms with Crippen LogP contribution < -0.4 is 0 Å². The van der Waals surface area contributed by atoms with Gasteiger partial charge in [-0.1, -0.05) is 84.9 Å². The van der Waals surface area contributed by atoms with Gasteiger partial charge in [0.25, 0.3) is 0 Å². The fourth-order valence-electron chi connectivity index (χ4n) is 4.23. The Balaban J connectivity index is 1.46. The molecule has 31 heavy (non-hydrogen) atoms. The third kappa shape index (κ3) is 5.40. The molecular formula is C27H30N2O2. The van der Waals surface area contributed by atoms with Crippen LogP contribution in [0.5, 0.6) is 0 Å². The van der Waals surface area contributed by atoms with Crippen molar-refractivity contribution in [2.75, 3.05) is 32.8 Å². The number of benzene rings is 3. The second kappa shape index (κ2) is 10.4. The number of nitrogens with zero attached hydrogens (tertiary/aromatic N) is 2. The Morgan fingerprint density at radius 2 is 1.39 bits per heavy atom. The van der Waals surface area contributed by atoms with Crippen molar-refractivity contribution in [1.29, 1.82) is 0 Å². The maximum Gasteiger partial charge on any atom is 0.328 e. The van der Waals surface area contributed by atoms with Gasteiger partial charge in [-0.05, 0) is 29.2 Å². The van der Waals surface area contributed by atoms with Crippen LogP contribution in [0.2, 0.25) is 0 Å². The lowest BCUT2D eigenvalue weighted by molar-refractivity contribution is -0.150. The van der Waals surface area contributed by atoms with Gasteiger partial charge >= 0.3 is 5.97 Å². The number of carbonyl (C=O) groups excluding carboxylic acids is 1. The summed E-state index contributed by atoms with van der Waals surface area (Å²) in [4.78, 5) is 17.6. The van der Waals surface area contributed by atoms with Crippen LogP contribution >= 0.6 is 0 Å². The van der Waals surface area contributed by atoms with Crippen LogP contribution in [0.4, 0.5) is 0 Å². The van der Waals surface area contributed by atoms with Crippen molar-refractivity contribution in [2.24, 2.45) is 0 Å². The van der Waals surface area contributed by atoms with Crippen molar-refractivity contribution in [3.63, 3.8) is 0 Å². The molecule has 1 unspecified atom stereocenters. The van der Waals surface area contributed by atoms with Crippen LogP contribution in [0.15, 0.2) is 84.9 Å². The molecule has 0 saturated carbocycles. The van der Waals surface area contributed by atoms with Crippen LogP contribution in [-0.2, 0) is 16.1 Å². The zero-order valence-electron chi connectivity index (χ0n) is 18.1. The molecule has 0 aromatic heterocycles. The standard InChI is InChI=1S/C27H30N2O2/c1-2-31-27(30)26(25-15-13-24(14-16-25)23-11-7-4-8-12-23)29-19-17-28(18-20-29)21-22-9-5-3-6-10-22/h3-16,26H,2,17-21H2,1H3. The molecule has 0 spiro atoms. The van der Waals surface area contributed by atoms with Crippen molar-refractivity contribution < 1.29 is 9.53 Å². The first-order valence-electron chi connectivity index (χ1n) is 11.1. The van der Waals surface area contributed by atoms with E-state index in [0.717, 1.165) is 43.9 Å². The number of rotatable bonds is 7. The summed E-state index contributed by atoms with van der Waals surface area (Å²) in [5.41, 5.74) is 4.65. The third-order valence-electron chi connectivity index (χ3n) is 5.86. The van der Waals surface area contributed by atoms with Gasteiger partial charge in [0.15, 0.2) is 0 Å². The van der Waals surface area contributed by atoms with Crippen LogP contribution in [-0.4, -0.2) is 48.6 Å². The van der Waals surface area contributed by atoms with Gasteiger partial charge in [-0.25, -0.2) is 4.79 Å². The highest BCUT2D eigenvalue weighted by Crippen LogP contribution is 2.27. The van der Waals surface area contributed by atoms with Crippen LogP contribution in [0.25, 0.3) is 11.1 Å². The molecule has 0 aliphatic carbocycles. The molecule has 0 amide bonds. The van der Waals surface area contributed by atoms with Gasteiger partial charge in [-0.2, -0.15) is 0 Å². The van der Waals surface area contributed by atoms with Crippen molar-refractivity contribution in [3.8, 4) is 11.1 Å². The summed E-state index contributed by atoms with van der Waals surface area (Å²) in [5.74, 6) is -0.161. The summed E-state index contributed by atoms with van der Waals surface area (Å²) < 4.78 is 5.45. The number of hydrogen-bond donors (Lipinski definition) is 0. The SMILES string of the molecule is CCOC(=O)C(c1ccc(-c2ccccc2)cc1)N1CCN(Cc2ccccc2)CC1. The van der Waals surface area contributed by atoms with Crippen LogP contribution in [0, 0.1) is 0 Å². The zero-order chi connectivity index (χ0) is 21.5. The molecule has 1 fully saturated rings. The number of piperazine rings is 1. The van der Waals surface area contributed by atoms with Gasteiger partial charge in [-0.15, -0.1) is 0 Å². The zero-order valence-corrected chi connectivity index (χ0v) is 18.1. The second-order valence-electron chi connectivity index (χ2n) is 7.94. The first kappa shape index (κ1) is 21.3. The molecule has 0 radical (unpaired) electrons. The van der Waals surface area contributed by atoms with E-state index < -0.39 is 0 Å². The van der Waals surface area contributed by atoms with Gasteiger partial charge in [0.05, 0.1) is 6.61 Å². The van der Waals surface area contributed by atoms with Crippen LogP contribution in [0.3, 0.4) is 0 Å².